The zero-order chi connectivity index (χ0) is 10.4. The second-order valence-electron chi connectivity index (χ2n) is 2.92. The van der Waals surface area contributed by atoms with Gasteiger partial charge in [-0.3, -0.25) is 4.79 Å². The molecule has 0 unspecified atom stereocenters. The summed E-state index contributed by atoms with van der Waals surface area (Å²) < 4.78 is 0. The summed E-state index contributed by atoms with van der Waals surface area (Å²) in [5.41, 5.74) is 0. The van der Waals surface area contributed by atoms with Crippen LogP contribution in [0.1, 0.15) is 13.8 Å². The third-order valence-corrected chi connectivity index (χ3v) is 1.80. The van der Waals surface area contributed by atoms with Crippen LogP contribution in [0.3, 0.4) is 0 Å². The van der Waals surface area contributed by atoms with E-state index in [1.807, 2.05) is 0 Å². The summed E-state index contributed by atoms with van der Waals surface area (Å²) in [5.74, 6) is -0.305. The molecule has 0 fully saturated rings. The molecule has 0 aromatic heterocycles. The van der Waals surface area contributed by atoms with E-state index in [1.54, 1.807) is 14.0 Å². The largest absolute Gasteiger partial charge is 0.391 e. The Bertz CT molecular complexity index is 182. The molecule has 3 N–H and O–H groups in total. The van der Waals surface area contributed by atoms with Gasteiger partial charge in [-0.25, -0.2) is 0 Å². The van der Waals surface area contributed by atoms with E-state index in [9.17, 15) is 9.59 Å². The average Bonchev–Trinajstić information content (AvgIpc) is 2.11. The van der Waals surface area contributed by atoms with Gasteiger partial charge >= 0.3 is 0 Å². The molecule has 0 spiro atoms. The molecule has 0 heterocycles. The first-order valence-electron chi connectivity index (χ1n) is 4.14. The zero-order valence-corrected chi connectivity index (χ0v) is 8.07. The molecule has 0 saturated carbocycles. The number of aliphatic hydroxyl groups excluding tert-OH is 1. The molecule has 0 aromatic rings. The number of aldehydes is 1. The van der Waals surface area contributed by atoms with Crippen LogP contribution in [0.5, 0.6) is 0 Å². The molecule has 0 aromatic carbocycles. The minimum absolute atomic E-state index is 0.305. The maximum atomic E-state index is 11.2. The number of likely N-dealkylation sites (N-methyl/N-ethyl adjacent to an activating group) is 1. The van der Waals surface area contributed by atoms with Crippen LogP contribution in [-0.2, 0) is 9.59 Å². The SMILES string of the molecule is CN[C@H](C)C(=O)N[C@H](C=O)[C@@H](C)O. The van der Waals surface area contributed by atoms with E-state index in [0.29, 0.717) is 6.29 Å². The van der Waals surface area contributed by atoms with E-state index in [-0.39, 0.29) is 11.9 Å². The molecule has 0 saturated heterocycles. The number of nitrogens with one attached hydrogen (secondary N) is 2. The topological polar surface area (TPSA) is 78.4 Å². The van der Waals surface area contributed by atoms with Crippen molar-refractivity contribution in [1.82, 2.24) is 10.6 Å². The average molecular weight is 188 g/mol. The minimum Gasteiger partial charge on any atom is -0.391 e. The van der Waals surface area contributed by atoms with Gasteiger partial charge in [0.05, 0.1) is 12.1 Å². The molecule has 5 heteroatoms. The van der Waals surface area contributed by atoms with Gasteiger partial charge in [0.2, 0.25) is 5.91 Å². The normalized spacial score (nSPS) is 17.2. The summed E-state index contributed by atoms with van der Waals surface area (Å²) in [7, 11) is 1.64. The number of amides is 1. The molecular weight excluding hydrogens is 172 g/mol. The van der Waals surface area contributed by atoms with Crippen LogP contribution in [0.2, 0.25) is 0 Å². The standard InChI is InChI=1S/C8H16N2O3/c1-5(9-3)8(13)10-7(4-11)6(2)12/h4-7,9,12H,1-3H3,(H,10,13)/t5-,6-,7-/m1/s1. The quantitative estimate of drug-likeness (QED) is 0.467. The van der Waals surface area contributed by atoms with Crippen molar-refractivity contribution in [3.05, 3.63) is 0 Å². The monoisotopic (exact) mass is 188 g/mol. The van der Waals surface area contributed by atoms with Crippen molar-refractivity contribution in [2.24, 2.45) is 0 Å². The smallest absolute Gasteiger partial charge is 0.237 e. The first-order valence-corrected chi connectivity index (χ1v) is 4.14. The van der Waals surface area contributed by atoms with Crippen molar-refractivity contribution in [1.29, 1.82) is 0 Å². The number of rotatable bonds is 5. The second kappa shape index (κ2) is 5.66. The molecule has 0 bridgehead atoms. The third-order valence-electron chi connectivity index (χ3n) is 1.80. The highest BCUT2D eigenvalue weighted by Crippen LogP contribution is 1.90. The van der Waals surface area contributed by atoms with Crippen LogP contribution in [0.15, 0.2) is 0 Å². The number of hydrogen-bond donors (Lipinski definition) is 3. The Morgan fingerprint density at radius 2 is 2.00 bits per heavy atom. The lowest BCUT2D eigenvalue weighted by atomic mass is 10.2. The van der Waals surface area contributed by atoms with Crippen LogP contribution in [-0.4, -0.2) is 42.5 Å². The molecule has 1 amide bonds. The van der Waals surface area contributed by atoms with Gasteiger partial charge in [0.15, 0.2) is 0 Å². The Labute approximate surface area is 77.5 Å². The molecule has 13 heavy (non-hydrogen) atoms. The molecule has 5 nitrogen and oxygen atoms in total. The predicted octanol–water partition coefficient (Wildman–Crippen LogP) is -1.34. The van der Waals surface area contributed by atoms with Gasteiger partial charge in [0.25, 0.3) is 0 Å². The summed E-state index contributed by atoms with van der Waals surface area (Å²) in [4.78, 5) is 21.6. The lowest BCUT2D eigenvalue weighted by Crippen LogP contribution is -2.49. The highest BCUT2D eigenvalue weighted by Gasteiger charge is 2.19. The Morgan fingerprint density at radius 3 is 2.31 bits per heavy atom. The summed E-state index contributed by atoms with van der Waals surface area (Å²) in [6.45, 7) is 3.11. The summed E-state index contributed by atoms with van der Waals surface area (Å²) in [6, 6.07) is -1.20. The van der Waals surface area contributed by atoms with Gasteiger partial charge in [0.1, 0.15) is 12.3 Å². The summed E-state index contributed by atoms with van der Waals surface area (Å²) >= 11 is 0. The maximum Gasteiger partial charge on any atom is 0.237 e. The van der Waals surface area contributed by atoms with Crippen molar-refractivity contribution in [2.45, 2.75) is 32.0 Å². The van der Waals surface area contributed by atoms with Crippen molar-refractivity contribution in [3.8, 4) is 0 Å². The first-order chi connectivity index (χ1) is 6.02. The molecule has 0 aliphatic rings. The second-order valence-corrected chi connectivity index (χ2v) is 2.92. The third kappa shape index (κ3) is 4.00. The summed E-state index contributed by atoms with van der Waals surface area (Å²) in [6.07, 6.45) is -0.351. The van der Waals surface area contributed by atoms with E-state index < -0.39 is 12.1 Å². The van der Waals surface area contributed by atoms with Crippen LogP contribution < -0.4 is 10.6 Å². The Balaban J connectivity index is 4.08. The van der Waals surface area contributed by atoms with E-state index in [2.05, 4.69) is 10.6 Å². The van der Waals surface area contributed by atoms with Crippen molar-refractivity contribution in [3.63, 3.8) is 0 Å². The highest BCUT2D eigenvalue weighted by molar-refractivity contribution is 5.84. The molecule has 0 aliphatic carbocycles. The fourth-order valence-electron chi connectivity index (χ4n) is 0.689. The van der Waals surface area contributed by atoms with Crippen LogP contribution in [0, 0.1) is 0 Å². The van der Waals surface area contributed by atoms with E-state index in [0.717, 1.165) is 0 Å². The van der Waals surface area contributed by atoms with Gasteiger partial charge in [-0.2, -0.15) is 0 Å². The molecular formula is C8H16N2O3. The fourth-order valence-corrected chi connectivity index (χ4v) is 0.689. The Kier molecular flexibility index (Phi) is 5.25. The van der Waals surface area contributed by atoms with Crippen molar-refractivity contribution in [2.75, 3.05) is 7.05 Å². The molecule has 76 valence electrons. The van der Waals surface area contributed by atoms with Gasteiger partial charge in [-0.15, -0.1) is 0 Å². The van der Waals surface area contributed by atoms with Gasteiger partial charge < -0.3 is 20.5 Å². The lowest BCUT2D eigenvalue weighted by molar-refractivity contribution is -0.126. The number of hydrogen-bond acceptors (Lipinski definition) is 4. The Hall–Kier alpha value is -0.940. The minimum atomic E-state index is -0.870. The van der Waals surface area contributed by atoms with Gasteiger partial charge in [-0.05, 0) is 20.9 Å². The number of aliphatic hydroxyl groups is 1. The van der Waals surface area contributed by atoms with Crippen molar-refractivity contribution >= 4 is 12.2 Å². The summed E-state index contributed by atoms with van der Waals surface area (Å²) in [5, 5.41) is 14.2. The number of carbonyl (C=O) groups excluding carboxylic acids is 2. The Morgan fingerprint density at radius 1 is 1.46 bits per heavy atom. The van der Waals surface area contributed by atoms with Crippen molar-refractivity contribution < 1.29 is 14.7 Å². The zero-order valence-electron chi connectivity index (χ0n) is 8.07. The van der Waals surface area contributed by atoms with E-state index >= 15 is 0 Å². The van der Waals surface area contributed by atoms with E-state index in [1.165, 1.54) is 6.92 Å². The van der Waals surface area contributed by atoms with Crippen LogP contribution >= 0.6 is 0 Å². The van der Waals surface area contributed by atoms with E-state index in [4.69, 9.17) is 5.11 Å². The lowest BCUT2D eigenvalue weighted by Gasteiger charge is -2.17. The highest BCUT2D eigenvalue weighted by atomic mass is 16.3. The molecule has 0 radical (unpaired) electrons. The molecule has 0 aliphatic heterocycles. The van der Waals surface area contributed by atoms with Gasteiger partial charge in [0, 0.05) is 0 Å². The van der Waals surface area contributed by atoms with Crippen LogP contribution in [0.25, 0.3) is 0 Å². The molecule has 0 rings (SSSR count). The van der Waals surface area contributed by atoms with Gasteiger partial charge in [-0.1, -0.05) is 0 Å². The molecule has 3 atom stereocenters. The first kappa shape index (κ1) is 12.1. The predicted molar refractivity (Wildman–Crippen MR) is 48.2 cm³/mol. The van der Waals surface area contributed by atoms with Crippen LogP contribution in [0.4, 0.5) is 0 Å². The fraction of sp³-hybridized carbons (Fsp3) is 0.750. The maximum absolute atomic E-state index is 11.2. The number of carbonyl (C=O) groups is 2.